The maximum Gasteiger partial charge on any atom is 0.350 e. The van der Waals surface area contributed by atoms with Crippen LogP contribution in [0.15, 0.2) is 30.3 Å². The van der Waals surface area contributed by atoms with Crippen molar-refractivity contribution in [1.82, 2.24) is 0 Å². The van der Waals surface area contributed by atoms with Gasteiger partial charge in [-0.1, -0.05) is 30.3 Å². The van der Waals surface area contributed by atoms with E-state index in [4.69, 9.17) is 21.1 Å². The molecule has 5 heteroatoms. The standard InChI is InChI=1S/C17H21ClO4/c1-13(18)15(19)22-17(10-5-6-11-17)16(20)21-12-9-14-7-3-2-4-8-14/h2-4,7-8,13H,5-6,9-12H2,1H3/t13-/m0/s1. The average molecular weight is 325 g/mol. The van der Waals surface area contributed by atoms with E-state index in [0.29, 0.717) is 19.3 Å². The molecule has 0 spiro atoms. The number of alkyl halides is 1. The minimum atomic E-state index is -1.14. The lowest BCUT2D eigenvalue weighted by Gasteiger charge is -2.27. The maximum atomic E-state index is 12.4. The predicted molar refractivity (Wildman–Crippen MR) is 83.7 cm³/mol. The molecule has 4 nitrogen and oxygen atoms in total. The van der Waals surface area contributed by atoms with Crippen molar-refractivity contribution in [3.8, 4) is 0 Å². The summed E-state index contributed by atoms with van der Waals surface area (Å²) in [5.74, 6) is -1.02. The highest BCUT2D eigenvalue weighted by Gasteiger charge is 2.46. The van der Waals surface area contributed by atoms with E-state index in [1.807, 2.05) is 30.3 Å². The number of carbonyl (C=O) groups is 2. The lowest BCUT2D eigenvalue weighted by atomic mass is 10.0. The van der Waals surface area contributed by atoms with Crippen molar-refractivity contribution in [3.05, 3.63) is 35.9 Å². The van der Waals surface area contributed by atoms with Gasteiger partial charge in [0.15, 0.2) is 0 Å². The SMILES string of the molecule is C[C@H](Cl)C(=O)OC1(C(=O)OCCc2ccccc2)CCCC1. The second kappa shape index (κ2) is 7.63. The lowest BCUT2D eigenvalue weighted by Crippen LogP contribution is -2.43. The van der Waals surface area contributed by atoms with Gasteiger partial charge < -0.3 is 9.47 Å². The molecule has 120 valence electrons. The zero-order valence-electron chi connectivity index (χ0n) is 12.7. The van der Waals surface area contributed by atoms with Crippen molar-refractivity contribution >= 4 is 23.5 Å². The molecular formula is C17H21ClO4. The van der Waals surface area contributed by atoms with Crippen LogP contribution >= 0.6 is 11.6 Å². The van der Waals surface area contributed by atoms with Crippen molar-refractivity contribution < 1.29 is 19.1 Å². The van der Waals surface area contributed by atoms with Gasteiger partial charge in [0.2, 0.25) is 5.60 Å². The molecule has 1 saturated carbocycles. The molecule has 1 aromatic rings. The Labute approximate surface area is 135 Å². The van der Waals surface area contributed by atoms with Gasteiger partial charge in [-0.25, -0.2) is 4.79 Å². The van der Waals surface area contributed by atoms with E-state index in [9.17, 15) is 9.59 Å². The second-order valence-corrected chi connectivity index (χ2v) is 6.26. The number of benzene rings is 1. The molecule has 0 heterocycles. The van der Waals surface area contributed by atoms with Crippen LogP contribution in [0.1, 0.15) is 38.2 Å². The van der Waals surface area contributed by atoms with Crippen LogP contribution in [0.4, 0.5) is 0 Å². The Hall–Kier alpha value is -1.55. The minimum Gasteiger partial charge on any atom is -0.462 e. The van der Waals surface area contributed by atoms with Gasteiger partial charge in [-0.2, -0.15) is 0 Å². The van der Waals surface area contributed by atoms with Crippen LogP contribution < -0.4 is 0 Å². The first kappa shape index (κ1) is 16.8. The van der Waals surface area contributed by atoms with Crippen LogP contribution in [0.3, 0.4) is 0 Å². The molecule has 0 unspecified atom stereocenters. The number of halogens is 1. The molecule has 1 atom stereocenters. The number of hydrogen-bond acceptors (Lipinski definition) is 4. The van der Waals surface area contributed by atoms with E-state index < -0.39 is 22.9 Å². The van der Waals surface area contributed by atoms with E-state index in [0.717, 1.165) is 18.4 Å². The number of ether oxygens (including phenoxy) is 2. The highest BCUT2D eigenvalue weighted by atomic mass is 35.5. The topological polar surface area (TPSA) is 52.6 Å². The first-order chi connectivity index (χ1) is 10.5. The fourth-order valence-corrected chi connectivity index (χ4v) is 2.65. The number of rotatable bonds is 6. The molecular weight excluding hydrogens is 304 g/mol. The van der Waals surface area contributed by atoms with Gasteiger partial charge in [0, 0.05) is 6.42 Å². The number of hydrogen-bond donors (Lipinski definition) is 0. The molecule has 0 aromatic heterocycles. The Morgan fingerprint density at radius 1 is 1.23 bits per heavy atom. The lowest BCUT2D eigenvalue weighted by molar-refractivity contribution is -0.181. The molecule has 0 bridgehead atoms. The Bertz CT molecular complexity index is 507. The fraction of sp³-hybridized carbons (Fsp3) is 0.529. The predicted octanol–water partition coefficient (Wildman–Crippen LogP) is 3.26. The van der Waals surface area contributed by atoms with Crippen LogP contribution in [0, 0.1) is 0 Å². The second-order valence-electron chi connectivity index (χ2n) is 5.61. The van der Waals surface area contributed by atoms with Crippen molar-refractivity contribution in [2.24, 2.45) is 0 Å². The molecule has 0 saturated heterocycles. The summed E-state index contributed by atoms with van der Waals surface area (Å²) in [6, 6.07) is 9.79. The van der Waals surface area contributed by atoms with Gasteiger partial charge >= 0.3 is 11.9 Å². The quantitative estimate of drug-likeness (QED) is 0.595. The molecule has 1 aromatic carbocycles. The van der Waals surface area contributed by atoms with Gasteiger partial charge in [-0.15, -0.1) is 11.6 Å². The zero-order chi connectivity index (χ0) is 16.0. The Balaban J connectivity index is 1.91. The summed E-state index contributed by atoms with van der Waals surface area (Å²) >= 11 is 5.73. The van der Waals surface area contributed by atoms with Crippen molar-refractivity contribution in [3.63, 3.8) is 0 Å². The van der Waals surface area contributed by atoms with Crippen molar-refractivity contribution in [2.75, 3.05) is 6.61 Å². The molecule has 0 radical (unpaired) electrons. The van der Waals surface area contributed by atoms with Gasteiger partial charge in [0.1, 0.15) is 5.38 Å². The third-order valence-electron chi connectivity index (χ3n) is 3.87. The Kier molecular flexibility index (Phi) is 5.83. The summed E-state index contributed by atoms with van der Waals surface area (Å²) in [7, 11) is 0. The van der Waals surface area contributed by atoms with Gasteiger partial charge in [0.25, 0.3) is 0 Å². The summed E-state index contributed by atoms with van der Waals surface area (Å²) < 4.78 is 10.7. The van der Waals surface area contributed by atoms with E-state index >= 15 is 0 Å². The highest BCUT2D eigenvalue weighted by molar-refractivity contribution is 6.29. The average Bonchev–Trinajstić information content (AvgIpc) is 2.98. The summed E-state index contributed by atoms with van der Waals surface area (Å²) in [5, 5.41) is -0.769. The van der Waals surface area contributed by atoms with E-state index in [2.05, 4.69) is 0 Å². The van der Waals surface area contributed by atoms with E-state index in [1.54, 1.807) is 0 Å². The fourth-order valence-electron chi connectivity index (χ4n) is 2.61. The zero-order valence-corrected chi connectivity index (χ0v) is 13.5. The first-order valence-corrected chi connectivity index (χ1v) is 8.05. The smallest absolute Gasteiger partial charge is 0.350 e. The highest BCUT2D eigenvalue weighted by Crippen LogP contribution is 2.35. The minimum absolute atomic E-state index is 0.276. The molecule has 1 fully saturated rings. The third-order valence-corrected chi connectivity index (χ3v) is 4.05. The molecule has 2 rings (SSSR count). The third kappa shape index (κ3) is 4.23. The van der Waals surface area contributed by atoms with Crippen LogP contribution in [-0.4, -0.2) is 29.5 Å². The number of carbonyl (C=O) groups excluding carboxylic acids is 2. The normalized spacial score (nSPS) is 17.7. The molecule has 22 heavy (non-hydrogen) atoms. The van der Waals surface area contributed by atoms with Crippen LogP contribution in [0.25, 0.3) is 0 Å². The Morgan fingerprint density at radius 3 is 2.45 bits per heavy atom. The first-order valence-electron chi connectivity index (χ1n) is 7.61. The van der Waals surface area contributed by atoms with Crippen LogP contribution in [0.5, 0.6) is 0 Å². The molecule has 0 aliphatic heterocycles. The van der Waals surface area contributed by atoms with Gasteiger partial charge in [-0.05, 0) is 38.2 Å². The molecule has 1 aliphatic rings. The van der Waals surface area contributed by atoms with E-state index in [1.165, 1.54) is 6.92 Å². The molecule has 1 aliphatic carbocycles. The summed E-state index contributed by atoms with van der Waals surface area (Å²) in [5.41, 5.74) is -0.0427. The van der Waals surface area contributed by atoms with Crippen molar-refractivity contribution in [2.45, 2.75) is 50.0 Å². The Morgan fingerprint density at radius 2 is 1.86 bits per heavy atom. The largest absolute Gasteiger partial charge is 0.462 e. The van der Waals surface area contributed by atoms with Crippen molar-refractivity contribution in [1.29, 1.82) is 0 Å². The molecule has 0 amide bonds. The summed E-state index contributed by atoms with van der Waals surface area (Å²) in [6.07, 6.45) is 3.34. The molecule has 0 N–H and O–H groups in total. The summed E-state index contributed by atoms with van der Waals surface area (Å²) in [6.45, 7) is 1.81. The van der Waals surface area contributed by atoms with Gasteiger partial charge in [-0.3, -0.25) is 4.79 Å². The van der Waals surface area contributed by atoms with Gasteiger partial charge in [0.05, 0.1) is 6.61 Å². The summed E-state index contributed by atoms with van der Waals surface area (Å²) in [4.78, 5) is 24.1. The van der Waals surface area contributed by atoms with E-state index in [-0.39, 0.29) is 6.61 Å². The number of esters is 2. The monoisotopic (exact) mass is 324 g/mol. The van der Waals surface area contributed by atoms with Crippen LogP contribution in [-0.2, 0) is 25.5 Å². The van der Waals surface area contributed by atoms with Crippen LogP contribution in [0.2, 0.25) is 0 Å². The maximum absolute atomic E-state index is 12.4.